The Balaban J connectivity index is 1.41. The molecule has 0 aliphatic rings. The van der Waals surface area contributed by atoms with Crippen LogP contribution >= 0.6 is 34.9 Å². The number of fused-ring (bicyclic) bond motifs is 1. The number of benzene rings is 2. The minimum atomic E-state index is -1.26. The number of amides is 1. The van der Waals surface area contributed by atoms with Crippen molar-refractivity contribution in [2.75, 3.05) is 16.4 Å². The number of carboxylic acids is 2. The molecule has 0 spiro atoms. The van der Waals surface area contributed by atoms with E-state index >= 15 is 0 Å². The van der Waals surface area contributed by atoms with Crippen molar-refractivity contribution in [2.24, 2.45) is 0 Å². The molecule has 1 unspecified atom stereocenters. The molecule has 0 saturated carbocycles. The van der Waals surface area contributed by atoms with Gasteiger partial charge in [0.1, 0.15) is 23.2 Å². The summed E-state index contributed by atoms with van der Waals surface area (Å²) in [6.07, 6.45) is 0.811. The molecule has 2 aromatic heterocycles. The summed E-state index contributed by atoms with van der Waals surface area (Å²) in [6, 6.07) is 8.24. The van der Waals surface area contributed by atoms with Crippen molar-refractivity contribution >= 4 is 80.8 Å². The monoisotopic (exact) mass is 588 g/mol. The number of halogens is 1. The van der Waals surface area contributed by atoms with E-state index in [-0.39, 0.29) is 17.3 Å². The first-order valence-electron chi connectivity index (χ1n) is 11.2. The molecule has 2 aromatic carbocycles. The van der Waals surface area contributed by atoms with E-state index in [1.807, 2.05) is 13.8 Å². The van der Waals surface area contributed by atoms with Crippen molar-refractivity contribution in [1.29, 1.82) is 0 Å². The van der Waals surface area contributed by atoms with E-state index in [4.69, 9.17) is 5.11 Å². The molecule has 11 nitrogen and oxygen atoms in total. The number of rotatable bonds is 11. The van der Waals surface area contributed by atoms with Gasteiger partial charge < -0.3 is 20.8 Å². The van der Waals surface area contributed by atoms with Gasteiger partial charge in [-0.05, 0) is 55.3 Å². The number of carbonyl (C=O) groups is 3. The van der Waals surface area contributed by atoms with Crippen molar-refractivity contribution in [1.82, 2.24) is 20.2 Å². The number of aryl methyl sites for hydroxylation is 2. The number of carboxylic acid groups (broad SMARTS) is 2. The third-order valence-corrected chi connectivity index (χ3v) is 8.67. The highest BCUT2D eigenvalue weighted by molar-refractivity contribution is 8.04. The lowest BCUT2D eigenvalue weighted by molar-refractivity contribution is -0.142. The Morgan fingerprint density at radius 1 is 1.05 bits per heavy atom. The van der Waals surface area contributed by atoms with Gasteiger partial charge in [0.2, 0.25) is 5.91 Å². The predicted molar refractivity (Wildman–Crippen MR) is 147 cm³/mol. The van der Waals surface area contributed by atoms with Crippen LogP contribution in [0.4, 0.5) is 21.6 Å². The summed E-state index contributed by atoms with van der Waals surface area (Å²) < 4.78 is 15.2. The summed E-state index contributed by atoms with van der Waals surface area (Å²) in [5.41, 5.74) is 3.12. The Morgan fingerprint density at radius 3 is 2.54 bits per heavy atom. The van der Waals surface area contributed by atoms with E-state index in [2.05, 4.69) is 30.8 Å². The molecule has 0 radical (unpaired) electrons. The predicted octanol–water partition coefficient (Wildman–Crippen LogP) is 4.73. The summed E-state index contributed by atoms with van der Waals surface area (Å²) in [5.74, 6) is -2.85. The van der Waals surface area contributed by atoms with Crippen molar-refractivity contribution in [3.05, 3.63) is 53.6 Å². The van der Waals surface area contributed by atoms with Gasteiger partial charge in [0, 0.05) is 11.1 Å². The molecule has 4 aromatic rings. The number of nitrogens with one attached hydrogen (secondary N) is 2. The standard InChI is InChI=1S/C24H21FN6O5S3/c1-11-5-15(25)17(6-12(11)2)29-21-14-7-13(3-4-16(14)26-10-27-21)28-19(32)9-37-23-30-31-24(39-23)38-18(22(35)36)8-20(33)34/h3-7,10,18H,8-9H2,1-2H3,(H,28,32)(H,33,34)(H,35,36)(H,26,27,29). The average Bonchev–Trinajstić information content (AvgIpc) is 3.33. The Hall–Kier alpha value is -3.82. The first-order chi connectivity index (χ1) is 18.6. The second-order valence-electron chi connectivity index (χ2n) is 8.21. The van der Waals surface area contributed by atoms with Crippen LogP contribution in [0, 0.1) is 19.7 Å². The molecule has 2 heterocycles. The van der Waals surface area contributed by atoms with Crippen molar-refractivity contribution in [2.45, 2.75) is 34.2 Å². The minimum Gasteiger partial charge on any atom is -0.481 e. The average molecular weight is 589 g/mol. The number of thioether (sulfide) groups is 2. The molecule has 0 aliphatic heterocycles. The third-order valence-electron chi connectivity index (χ3n) is 5.35. The number of hydrogen-bond donors (Lipinski definition) is 4. The van der Waals surface area contributed by atoms with Gasteiger partial charge in [0.05, 0.1) is 23.4 Å². The number of anilines is 3. The normalized spacial score (nSPS) is 11.8. The van der Waals surface area contributed by atoms with Crippen molar-refractivity contribution in [3.63, 3.8) is 0 Å². The zero-order chi connectivity index (χ0) is 28.1. The summed E-state index contributed by atoms with van der Waals surface area (Å²) in [6.45, 7) is 3.72. The minimum absolute atomic E-state index is 0.000919. The Kier molecular flexibility index (Phi) is 8.93. The lowest BCUT2D eigenvalue weighted by Crippen LogP contribution is -2.20. The summed E-state index contributed by atoms with van der Waals surface area (Å²) in [7, 11) is 0. The SMILES string of the molecule is Cc1cc(F)c(Nc2ncnc3ccc(NC(=O)CSc4nnc(SC(CC(=O)O)C(=O)O)s4)cc23)cc1C. The van der Waals surface area contributed by atoms with Crippen LogP contribution in [0.15, 0.2) is 45.3 Å². The molecule has 0 saturated heterocycles. The van der Waals surface area contributed by atoms with E-state index in [0.29, 0.717) is 31.1 Å². The first kappa shape index (κ1) is 28.2. The van der Waals surface area contributed by atoms with Gasteiger partial charge in [-0.3, -0.25) is 14.4 Å². The molecular weight excluding hydrogens is 568 g/mol. The van der Waals surface area contributed by atoms with Crippen LogP contribution in [0.1, 0.15) is 17.5 Å². The fourth-order valence-corrected chi connectivity index (χ4v) is 6.31. The number of aliphatic carboxylic acids is 2. The van der Waals surface area contributed by atoms with Crippen LogP contribution in [0.2, 0.25) is 0 Å². The Morgan fingerprint density at radius 2 is 1.79 bits per heavy atom. The van der Waals surface area contributed by atoms with Crippen molar-refractivity contribution < 1.29 is 29.0 Å². The van der Waals surface area contributed by atoms with Gasteiger partial charge in [-0.25, -0.2) is 14.4 Å². The number of carbonyl (C=O) groups excluding carboxylic acids is 1. The van der Waals surface area contributed by atoms with Crippen LogP contribution in [0.3, 0.4) is 0 Å². The second kappa shape index (κ2) is 12.4. The fraction of sp³-hybridized carbons (Fsp3) is 0.208. The Labute approximate surface area is 233 Å². The zero-order valence-electron chi connectivity index (χ0n) is 20.5. The van der Waals surface area contributed by atoms with Gasteiger partial charge in [-0.1, -0.05) is 34.9 Å². The zero-order valence-corrected chi connectivity index (χ0v) is 22.9. The molecule has 1 amide bonds. The first-order valence-corrected chi connectivity index (χ1v) is 13.9. The van der Waals surface area contributed by atoms with Crippen LogP contribution in [0.25, 0.3) is 10.9 Å². The van der Waals surface area contributed by atoms with Crippen LogP contribution in [0.5, 0.6) is 0 Å². The van der Waals surface area contributed by atoms with Gasteiger partial charge in [0.25, 0.3) is 0 Å². The summed E-state index contributed by atoms with van der Waals surface area (Å²) >= 11 is 2.98. The molecular formula is C24H21FN6O5S3. The van der Waals surface area contributed by atoms with Gasteiger partial charge in [0.15, 0.2) is 8.68 Å². The van der Waals surface area contributed by atoms with E-state index in [9.17, 15) is 23.9 Å². The maximum atomic E-state index is 14.5. The maximum absolute atomic E-state index is 14.5. The molecule has 0 bridgehead atoms. The molecule has 202 valence electrons. The van der Waals surface area contributed by atoms with Gasteiger partial charge in [-0.2, -0.15) is 0 Å². The molecule has 0 fully saturated rings. The Bertz CT molecular complexity index is 1570. The maximum Gasteiger partial charge on any atom is 0.317 e. The lowest BCUT2D eigenvalue weighted by atomic mass is 10.1. The highest BCUT2D eigenvalue weighted by Gasteiger charge is 2.24. The molecule has 4 rings (SSSR count). The molecule has 1 atom stereocenters. The highest BCUT2D eigenvalue weighted by Crippen LogP contribution is 2.33. The van der Waals surface area contributed by atoms with E-state index in [1.165, 1.54) is 12.4 Å². The lowest BCUT2D eigenvalue weighted by Gasteiger charge is -2.12. The smallest absolute Gasteiger partial charge is 0.317 e. The molecule has 4 N–H and O–H groups in total. The summed E-state index contributed by atoms with van der Waals surface area (Å²) in [4.78, 5) is 43.2. The molecule has 39 heavy (non-hydrogen) atoms. The molecule has 15 heteroatoms. The van der Waals surface area contributed by atoms with Gasteiger partial charge in [-0.15, -0.1) is 10.2 Å². The van der Waals surface area contributed by atoms with Crippen LogP contribution in [-0.2, 0) is 14.4 Å². The quantitative estimate of drug-likeness (QED) is 0.178. The highest BCUT2D eigenvalue weighted by atomic mass is 32.2. The number of nitrogens with zero attached hydrogens (tertiary/aromatic N) is 4. The van der Waals surface area contributed by atoms with E-state index < -0.39 is 29.4 Å². The summed E-state index contributed by atoms with van der Waals surface area (Å²) in [5, 5.41) is 31.1. The van der Waals surface area contributed by atoms with Gasteiger partial charge >= 0.3 is 11.9 Å². The third kappa shape index (κ3) is 7.40. The van der Waals surface area contributed by atoms with E-state index in [0.717, 1.165) is 46.0 Å². The second-order valence-corrected chi connectivity index (χ2v) is 11.9. The van der Waals surface area contributed by atoms with Crippen molar-refractivity contribution in [3.8, 4) is 0 Å². The topological polar surface area (TPSA) is 167 Å². The number of aromatic nitrogens is 4. The fourth-order valence-electron chi connectivity index (χ4n) is 3.33. The van der Waals surface area contributed by atoms with Crippen LogP contribution in [-0.4, -0.2) is 59.2 Å². The van der Waals surface area contributed by atoms with E-state index in [1.54, 1.807) is 24.3 Å². The largest absolute Gasteiger partial charge is 0.481 e. The number of hydrogen-bond acceptors (Lipinski definition) is 11. The molecule has 0 aliphatic carbocycles. The van der Waals surface area contributed by atoms with Crippen LogP contribution < -0.4 is 10.6 Å².